The lowest BCUT2D eigenvalue weighted by atomic mass is 10.2. The largest absolute Gasteiger partial charge is 0.619 e. The molecule has 26 heavy (non-hydrogen) atoms. The van der Waals surface area contributed by atoms with Gasteiger partial charge in [-0.3, -0.25) is 4.79 Å². The van der Waals surface area contributed by atoms with Crippen LogP contribution in [0.3, 0.4) is 0 Å². The van der Waals surface area contributed by atoms with Crippen molar-refractivity contribution in [1.29, 1.82) is 0 Å². The van der Waals surface area contributed by atoms with Crippen molar-refractivity contribution in [2.24, 2.45) is 0 Å². The number of aromatic nitrogens is 4. The summed E-state index contributed by atoms with van der Waals surface area (Å²) in [6.45, 7) is -0.506. The van der Waals surface area contributed by atoms with Crippen LogP contribution in [0.15, 0.2) is 55.4 Å². The molecule has 1 N–H and O–H groups in total. The number of pyridine rings is 1. The van der Waals surface area contributed by atoms with Crippen LogP contribution in [-0.2, 0) is 9.53 Å². The third kappa shape index (κ3) is 4.14. The van der Waals surface area contributed by atoms with Crippen LogP contribution in [0.1, 0.15) is 10.4 Å². The molecule has 1 amide bonds. The van der Waals surface area contributed by atoms with Crippen molar-refractivity contribution in [3.8, 4) is 5.69 Å². The number of nitrogens with zero attached hydrogens (tertiary/aromatic N) is 4. The quantitative estimate of drug-likeness (QED) is 0.410. The Morgan fingerprint density at radius 2 is 2.04 bits per heavy atom. The van der Waals surface area contributed by atoms with Crippen molar-refractivity contribution in [2.75, 3.05) is 11.9 Å². The van der Waals surface area contributed by atoms with E-state index in [4.69, 9.17) is 16.3 Å². The number of carbonyl (C=O) groups is 2. The van der Waals surface area contributed by atoms with E-state index in [2.05, 4.69) is 15.4 Å². The first-order valence-corrected chi connectivity index (χ1v) is 7.71. The number of ether oxygens (including phenoxy) is 1. The molecule has 0 bridgehead atoms. The fourth-order valence-electron chi connectivity index (χ4n) is 2.09. The molecule has 0 aliphatic heterocycles. The molecule has 0 fully saturated rings. The molecule has 0 saturated carbocycles. The minimum absolute atomic E-state index is 0.163. The third-order valence-corrected chi connectivity index (χ3v) is 3.51. The van der Waals surface area contributed by atoms with Gasteiger partial charge in [-0.2, -0.15) is 9.83 Å². The summed E-state index contributed by atoms with van der Waals surface area (Å²) in [6, 6.07) is 7.45. The maximum atomic E-state index is 12.1. The second-order valence-corrected chi connectivity index (χ2v) is 5.51. The van der Waals surface area contributed by atoms with Gasteiger partial charge in [-0.1, -0.05) is 11.6 Å². The number of hydrogen-bond acceptors (Lipinski definition) is 6. The summed E-state index contributed by atoms with van der Waals surface area (Å²) in [5.41, 5.74) is 1.10. The fraction of sp³-hybridized carbons (Fsp3) is 0.0625. The normalized spacial score (nSPS) is 10.3. The van der Waals surface area contributed by atoms with Crippen molar-refractivity contribution >= 4 is 29.2 Å². The maximum Gasteiger partial charge on any atom is 0.339 e. The average molecular weight is 374 g/mol. The summed E-state index contributed by atoms with van der Waals surface area (Å²) in [6.07, 6.45) is 5.14. The number of hydrogen-bond donors (Lipinski definition) is 1. The molecule has 10 heteroatoms. The smallest absolute Gasteiger partial charge is 0.339 e. The van der Waals surface area contributed by atoms with E-state index in [9.17, 15) is 14.8 Å². The zero-order valence-corrected chi connectivity index (χ0v) is 14.0. The lowest BCUT2D eigenvalue weighted by Crippen LogP contribution is -2.25. The molecule has 2 heterocycles. The van der Waals surface area contributed by atoms with Gasteiger partial charge in [-0.25, -0.2) is 14.5 Å². The van der Waals surface area contributed by atoms with Crippen molar-refractivity contribution < 1.29 is 19.1 Å². The summed E-state index contributed by atoms with van der Waals surface area (Å²) >= 11 is 5.97. The van der Waals surface area contributed by atoms with E-state index in [-0.39, 0.29) is 5.56 Å². The molecule has 0 radical (unpaired) electrons. The predicted octanol–water partition coefficient (Wildman–Crippen LogP) is 1.35. The van der Waals surface area contributed by atoms with Gasteiger partial charge in [-0.05, 0) is 18.2 Å². The number of rotatable bonds is 5. The van der Waals surface area contributed by atoms with Gasteiger partial charge in [0.1, 0.15) is 12.7 Å². The van der Waals surface area contributed by atoms with Gasteiger partial charge in [0.2, 0.25) is 0 Å². The second kappa shape index (κ2) is 7.62. The zero-order valence-electron chi connectivity index (χ0n) is 13.2. The highest BCUT2D eigenvalue weighted by Gasteiger charge is 2.14. The molecule has 132 valence electrons. The lowest BCUT2D eigenvalue weighted by molar-refractivity contribution is -0.605. The summed E-state index contributed by atoms with van der Waals surface area (Å²) < 4.78 is 6.93. The first-order chi connectivity index (χ1) is 12.5. The Labute approximate surface area is 152 Å². The van der Waals surface area contributed by atoms with Crippen LogP contribution in [0.5, 0.6) is 0 Å². The zero-order chi connectivity index (χ0) is 18.5. The number of esters is 1. The number of benzene rings is 1. The first kappa shape index (κ1) is 17.4. The van der Waals surface area contributed by atoms with Gasteiger partial charge >= 0.3 is 5.97 Å². The highest BCUT2D eigenvalue weighted by Crippen LogP contribution is 2.23. The number of halogens is 1. The van der Waals surface area contributed by atoms with Crippen molar-refractivity contribution in [1.82, 2.24) is 14.8 Å². The summed E-state index contributed by atoms with van der Waals surface area (Å²) in [5, 5.41) is 18.0. The molecule has 0 aliphatic carbocycles. The Balaban J connectivity index is 1.66. The van der Waals surface area contributed by atoms with E-state index in [1.165, 1.54) is 29.5 Å². The summed E-state index contributed by atoms with van der Waals surface area (Å²) in [4.78, 5) is 27.8. The molecule has 3 rings (SSSR count). The van der Waals surface area contributed by atoms with E-state index < -0.39 is 18.5 Å². The molecule has 3 aromatic rings. The topological polar surface area (TPSA) is 113 Å². The van der Waals surface area contributed by atoms with Crippen LogP contribution >= 0.6 is 11.6 Å². The summed E-state index contributed by atoms with van der Waals surface area (Å²) in [7, 11) is 0. The molecular formula is C16H12ClN5O4. The van der Waals surface area contributed by atoms with Crippen LogP contribution in [-0.4, -0.2) is 33.2 Å². The molecular weight excluding hydrogens is 362 g/mol. The van der Waals surface area contributed by atoms with Crippen LogP contribution in [0.25, 0.3) is 5.69 Å². The molecule has 1 aromatic carbocycles. The van der Waals surface area contributed by atoms with Crippen molar-refractivity contribution in [2.45, 2.75) is 0 Å². The molecule has 9 nitrogen and oxygen atoms in total. The number of carbonyl (C=O) groups excluding carboxylic acids is 2. The van der Waals surface area contributed by atoms with Crippen LogP contribution in [0.4, 0.5) is 5.69 Å². The Kier molecular flexibility index (Phi) is 5.09. The number of anilines is 1. The monoisotopic (exact) mass is 373 g/mol. The number of nitrogens with one attached hydrogen (secondary N) is 1. The van der Waals surface area contributed by atoms with E-state index >= 15 is 0 Å². The third-order valence-electron chi connectivity index (χ3n) is 3.27. The maximum absolute atomic E-state index is 12.1. The van der Waals surface area contributed by atoms with Gasteiger partial charge in [-0.15, -0.1) is 0 Å². The first-order valence-electron chi connectivity index (χ1n) is 7.33. The highest BCUT2D eigenvalue weighted by molar-refractivity contribution is 6.31. The van der Waals surface area contributed by atoms with Crippen LogP contribution in [0.2, 0.25) is 5.02 Å². The highest BCUT2D eigenvalue weighted by atomic mass is 35.5. The van der Waals surface area contributed by atoms with E-state index in [1.807, 2.05) is 0 Å². The lowest BCUT2D eigenvalue weighted by Gasteiger charge is -2.11. The Bertz CT molecular complexity index is 928. The van der Waals surface area contributed by atoms with Crippen LogP contribution < -0.4 is 10.0 Å². The Morgan fingerprint density at radius 3 is 2.73 bits per heavy atom. The van der Waals surface area contributed by atoms with Gasteiger partial charge in [0.15, 0.2) is 19.0 Å². The van der Waals surface area contributed by atoms with E-state index in [1.54, 1.807) is 18.2 Å². The van der Waals surface area contributed by atoms with Gasteiger partial charge in [0.05, 0.1) is 16.9 Å². The SMILES string of the molecule is O=C(COC(=O)c1cc[n+]([O-])cc1)Nc1cc(Cl)ccc1-n1cncn1. The molecule has 0 spiro atoms. The molecule has 0 saturated heterocycles. The van der Waals surface area contributed by atoms with Gasteiger partial charge in [0, 0.05) is 17.2 Å². The van der Waals surface area contributed by atoms with E-state index in [0.717, 1.165) is 12.4 Å². The standard InChI is InChI=1S/C16H12ClN5O4/c17-12-1-2-14(22-10-18-9-19-22)13(7-12)20-15(23)8-26-16(24)11-3-5-21(25)6-4-11/h1-7,9-10H,8H2,(H,20,23). The van der Waals surface area contributed by atoms with Gasteiger partial charge in [0.25, 0.3) is 5.91 Å². The number of amides is 1. The molecule has 0 atom stereocenters. The fourth-order valence-corrected chi connectivity index (χ4v) is 2.26. The Hall–Kier alpha value is -3.46. The van der Waals surface area contributed by atoms with Crippen molar-refractivity contribution in [3.05, 3.63) is 71.2 Å². The molecule has 2 aromatic heterocycles. The van der Waals surface area contributed by atoms with Crippen LogP contribution in [0, 0.1) is 5.21 Å². The minimum atomic E-state index is -0.719. The van der Waals surface area contributed by atoms with Crippen molar-refractivity contribution in [3.63, 3.8) is 0 Å². The molecule has 0 aliphatic rings. The minimum Gasteiger partial charge on any atom is -0.619 e. The van der Waals surface area contributed by atoms with E-state index in [0.29, 0.717) is 21.1 Å². The predicted molar refractivity (Wildman–Crippen MR) is 90.7 cm³/mol. The van der Waals surface area contributed by atoms with Gasteiger partial charge < -0.3 is 15.3 Å². The summed E-state index contributed by atoms with van der Waals surface area (Å²) in [5.74, 6) is -1.28. The Morgan fingerprint density at radius 1 is 1.27 bits per heavy atom. The molecule has 0 unspecified atom stereocenters. The average Bonchev–Trinajstić information content (AvgIpc) is 3.15. The second-order valence-electron chi connectivity index (χ2n) is 5.07.